The molecule has 0 radical (unpaired) electrons. The molecule has 1 saturated heterocycles. The zero-order valence-corrected chi connectivity index (χ0v) is 16.0. The maximum Gasteiger partial charge on any atom is 0.267 e. The van der Waals surface area contributed by atoms with E-state index < -0.39 is 0 Å². The topological polar surface area (TPSA) is 81.9 Å². The Kier molecular flexibility index (Phi) is 4.46. The van der Waals surface area contributed by atoms with Crippen LogP contribution in [0.2, 0.25) is 0 Å². The fraction of sp³-hybridized carbons (Fsp3) is 0.647. The van der Waals surface area contributed by atoms with Crippen molar-refractivity contribution in [3.8, 4) is 0 Å². The number of hydrogen-bond acceptors (Lipinski definition) is 8. The van der Waals surface area contributed by atoms with Gasteiger partial charge in [-0.1, -0.05) is 6.42 Å². The number of hydrogen-bond donors (Lipinski definition) is 1. The predicted octanol–water partition coefficient (Wildman–Crippen LogP) is 2.20. The molecule has 2 aliphatic heterocycles. The standard InChI is InChI=1S/C17H21N5O2S2/c23-15-6-11-9-25-5-4-12(11)20-22(15)14-8-24-7-13(14)18-17-19-16(21-26-17)10-2-1-3-10/h6,10,13-14H,1-5,7-9H2,(H,18,19,21). The quantitative estimate of drug-likeness (QED) is 0.855. The van der Waals surface area contributed by atoms with E-state index in [1.807, 2.05) is 11.8 Å². The van der Waals surface area contributed by atoms with Crippen LogP contribution in [0.25, 0.3) is 0 Å². The summed E-state index contributed by atoms with van der Waals surface area (Å²) in [7, 11) is 0. The SMILES string of the molecule is O=c1cc2c(nn1C1COCC1Nc1nc(C3CCC3)ns1)CCSC2. The van der Waals surface area contributed by atoms with E-state index in [-0.39, 0.29) is 17.6 Å². The first kappa shape index (κ1) is 16.7. The van der Waals surface area contributed by atoms with Gasteiger partial charge >= 0.3 is 0 Å². The molecule has 4 heterocycles. The minimum atomic E-state index is -0.113. The molecule has 3 aliphatic rings. The number of ether oxygens (including phenoxy) is 1. The average molecular weight is 392 g/mol. The van der Waals surface area contributed by atoms with Gasteiger partial charge in [-0.25, -0.2) is 9.67 Å². The number of aryl methyl sites for hydroxylation is 1. The van der Waals surface area contributed by atoms with E-state index in [1.165, 1.54) is 30.8 Å². The largest absolute Gasteiger partial charge is 0.377 e. The first-order valence-electron chi connectivity index (χ1n) is 9.15. The molecular weight excluding hydrogens is 370 g/mol. The molecule has 2 aromatic heterocycles. The molecule has 2 atom stereocenters. The molecule has 9 heteroatoms. The van der Waals surface area contributed by atoms with Crippen LogP contribution in [0.15, 0.2) is 10.9 Å². The number of anilines is 1. The zero-order chi connectivity index (χ0) is 17.5. The molecule has 1 aliphatic carbocycles. The second-order valence-electron chi connectivity index (χ2n) is 7.14. The molecule has 2 aromatic rings. The molecule has 138 valence electrons. The number of nitrogens with zero attached hydrogens (tertiary/aromatic N) is 4. The summed E-state index contributed by atoms with van der Waals surface area (Å²) in [5.41, 5.74) is 2.10. The summed E-state index contributed by atoms with van der Waals surface area (Å²) in [4.78, 5) is 17.2. The Balaban J connectivity index is 1.37. The van der Waals surface area contributed by atoms with E-state index in [4.69, 9.17) is 4.74 Å². The summed E-state index contributed by atoms with van der Waals surface area (Å²) in [6.45, 7) is 1.04. The van der Waals surface area contributed by atoms with E-state index in [0.29, 0.717) is 19.1 Å². The van der Waals surface area contributed by atoms with Crippen molar-refractivity contribution in [3.05, 3.63) is 33.5 Å². The fourth-order valence-corrected chi connectivity index (χ4v) is 5.33. The van der Waals surface area contributed by atoms with Gasteiger partial charge in [0.25, 0.3) is 5.56 Å². The van der Waals surface area contributed by atoms with Crippen LogP contribution in [0.1, 0.15) is 48.3 Å². The third-order valence-electron chi connectivity index (χ3n) is 5.45. The predicted molar refractivity (Wildman–Crippen MR) is 102 cm³/mol. The summed E-state index contributed by atoms with van der Waals surface area (Å²) in [5.74, 6) is 3.44. The molecule has 7 nitrogen and oxygen atoms in total. The van der Waals surface area contributed by atoms with Crippen molar-refractivity contribution >= 4 is 28.4 Å². The van der Waals surface area contributed by atoms with Crippen molar-refractivity contribution in [1.29, 1.82) is 0 Å². The van der Waals surface area contributed by atoms with Crippen LogP contribution in [-0.2, 0) is 16.9 Å². The second kappa shape index (κ2) is 6.94. The molecule has 0 amide bonds. The van der Waals surface area contributed by atoms with Crippen LogP contribution in [0.4, 0.5) is 5.13 Å². The maximum absolute atomic E-state index is 12.6. The first-order chi connectivity index (χ1) is 12.8. The van der Waals surface area contributed by atoms with Crippen LogP contribution >= 0.6 is 23.3 Å². The maximum atomic E-state index is 12.6. The van der Waals surface area contributed by atoms with E-state index in [0.717, 1.165) is 40.1 Å². The summed E-state index contributed by atoms with van der Waals surface area (Å²) in [5, 5.41) is 8.93. The Bertz CT molecular complexity index is 863. The molecule has 1 N–H and O–H groups in total. The number of nitrogens with one attached hydrogen (secondary N) is 1. The first-order valence-corrected chi connectivity index (χ1v) is 11.1. The Morgan fingerprint density at radius 3 is 3.08 bits per heavy atom. The molecule has 0 spiro atoms. The third kappa shape index (κ3) is 3.05. The van der Waals surface area contributed by atoms with Crippen LogP contribution in [-0.4, -0.2) is 44.1 Å². The van der Waals surface area contributed by atoms with Crippen molar-refractivity contribution in [2.24, 2.45) is 0 Å². The Labute approximate surface area is 159 Å². The highest BCUT2D eigenvalue weighted by Crippen LogP contribution is 2.36. The van der Waals surface area contributed by atoms with E-state index in [1.54, 1.807) is 10.7 Å². The molecule has 0 bridgehead atoms. The lowest BCUT2D eigenvalue weighted by Gasteiger charge is -2.23. The Morgan fingerprint density at radius 2 is 2.23 bits per heavy atom. The van der Waals surface area contributed by atoms with Gasteiger partial charge in [0.05, 0.1) is 24.9 Å². The zero-order valence-electron chi connectivity index (χ0n) is 14.4. The van der Waals surface area contributed by atoms with E-state index in [2.05, 4.69) is 19.8 Å². The lowest BCUT2D eigenvalue weighted by molar-refractivity contribution is 0.182. The summed E-state index contributed by atoms with van der Waals surface area (Å²) < 4.78 is 11.8. The van der Waals surface area contributed by atoms with Crippen molar-refractivity contribution < 1.29 is 4.74 Å². The number of thioether (sulfide) groups is 1. The van der Waals surface area contributed by atoms with Gasteiger partial charge in [-0.3, -0.25) is 4.79 Å². The third-order valence-corrected chi connectivity index (χ3v) is 7.12. The summed E-state index contributed by atoms with van der Waals surface area (Å²) in [6.07, 6.45) is 4.58. The average Bonchev–Trinajstić information content (AvgIpc) is 3.23. The smallest absolute Gasteiger partial charge is 0.267 e. The van der Waals surface area contributed by atoms with Gasteiger partial charge < -0.3 is 10.1 Å². The minimum absolute atomic E-state index is 0.0154. The minimum Gasteiger partial charge on any atom is -0.377 e. The van der Waals surface area contributed by atoms with Gasteiger partial charge in [0.1, 0.15) is 11.9 Å². The molecular formula is C17H21N5O2S2. The van der Waals surface area contributed by atoms with Crippen LogP contribution < -0.4 is 10.9 Å². The van der Waals surface area contributed by atoms with Gasteiger partial charge in [-0.05, 0) is 24.2 Å². The molecule has 1 saturated carbocycles. The fourth-order valence-electron chi connectivity index (χ4n) is 3.67. The molecule has 2 unspecified atom stereocenters. The van der Waals surface area contributed by atoms with Crippen LogP contribution in [0, 0.1) is 0 Å². The van der Waals surface area contributed by atoms with E-state index >= 15 is 0 Å². The van der Waals surface area contributed by atoms with Gasteiger partial charge in [0.15, 0.2) is 0 Å². The molecule has 0 aromatic carbocycles. The Morgan fingerprint density at radius 1 is 1.31 bits per heavy atom. The highest BCUT2D eigenvalue weighted by atomic mass is 32.2. The lowest BCUT2D eigenvalue weighted by atomic mass is 9.85. The van der Waals surface area contributed by atoms with Crippen molar-refractivity contribution in [1.82, 2.24) is 19.1 Å². The molecule has 5 rings (SSSR count). The van der Waals surface area contributed by atoms with E-state index in [9.17, 15) is 4.79 Å². The number of aromatic nitrogens is 4. The summed E-state index contributed by atoms with van der Waals surface area (Å²) >= 11 is 3.26. The number of rotatable bonds is 4. The number of fused-ring (bicyclic) bond motifs is 1. The molecule has 2 fully saturated rings. The normalized spacial score (nSPS) is 25.7. The van der Waals surface area contributed by atoms with Gasteiger partial charge in [0.2, 0.25) is 5.13 Å². The van der Waals surface area contributed by atoms with Gasteiger partial charge in [0, 0.05) is 35.7 Å². The molecule has 26 heavy (non-hydrogen) atoms. The highest BCUT2D eigenvalue weighted by molar-refractivity contribution is 7.98. The van der Waals surface area contributed by atoms with Crippen LogP contribution in [0.5, 0.6) is 0 Å². The Hall–Kier alpha value is -1.45. The van der Waals surface area contributed by atoms with Gasteiger partial charge in [-0.15, -0.1) is 0 Å². The van der Waals surface area contributed by atoms with Gasteiger partial charge in [-0.2, -0.15) is 21.2 Å². The van der Waals surface area contributed by atoms with Crippen molar-refractivity contribution in [2.45, 2.75) is 49.4 Å². The van der Waals surface area contributed by atoms with Crippen LogP contribution in [0.3, 0.4) is 0 Å². The van der Waals surface area contributed by atoms with Crippen molar-refractivity contribution in [2.75, 3.05) is 24.3 Å². The summed E-state index contributed by atoms with van der Waals surface area (Å²) in [6, 6.07) is 1.63. The monoisotopic (exact) mass is 391 g/mol. The van der Waals surface area contributed by atoms with Crippen molar-refractivity contribution in [3.63, 3.8) is 0 Å². The highest BCUT2D eigenvalue weighted by Gasteiger charge is 2.33. The second-order valence-corrected chi connectivity index (χ2v) is 9.00. The lowest BCUT2D eigenvalue weighted by Crippen LogP contribution is -2.38.